The Kier molecular flexibility index (Phi) is 7.10. The zero-order chi connectivity index (χ0) is 30.7. The number of likely N-dealkylation sites (tertiary alicyclic amines) is 2. The molecule has 1 aromatic heterocycles. The topological polar surface area (TPSA) is 116 Å². The van der Waals surface area contributed by atoms with E-state index < -0.39 is 27.0 Å². The normalized spacial score (nSPS) is 20.7. The van der Waals surface area contributed by atoms with Crippen LogP contribution < -0.4 is 10.0 Å². The predicted molar refractivity (Wildman–Crippen MR) is 167 cm³/mol. The van der Waals surface area contributed by atoms with E-state index in [-0.39, 0.29) is 35.2 Å². The molecule has 3 heterocycles. The van der Waals surface area contributed by atoms with E-state index >= 15 is 0 Å². The molecule has 2 aliphatic rings. The average Bonchev–Trinajstić information content (AvgIpc) is 3.41. The minimum atomic E-state index is -3.89. The van der Waals surface area contributed by atoms with E-state index in [1.165, 1.54) is 17.4 Å². The molecule has 1 unspecified atom stereocenters. The molecule has 0 bridgehead atoms. The summed E-state index contributed by atoms with van der Waals surface area (Å²) in [6.07, 6.45) is 0. The van der Waals surface area contributed by atoms with Gasteiger partial charge in [0, 0.05) is 17.8 Å². The number of nitrogens with one attached hydrogen (secondary N) is 2. The Balaban J connectivity index is 1.08. The SMILES string of the molecule is CC(C)(C)C(NC(=O)c1cc2ccccc2s1)C(=O)N1C[C@H]2N(C(=O)CNS(=O)(=O)c3ccc4ccccc4c3)C[C@]21C. The highest BCUT2D eigenvalue weighted by Gasteiger charge is 2.65. The minimum Gasteiger partial charge on any atom is -0.339 e. The third kappa shape index (κ3) is 5.19. The smallest absolute Gasteiger partial charge is 0.262 e. The first kappa shape index (κ1) is 29.3. The number of hydrogen-bond acceptors (Lipinski definition) is 6. The van der Waals surface area contributed by atoms with Crippen LogP contribution in [-0.2, 0) is 19.6 Å². The van der Waals surface area contributed by atoms with Crippen LogP contribution in [-0.4, -0.2) is 73.2 Å². The van der Waals surface area contributed by atoms with E-state index in [1.807, 2.05) is 82.3 Å². The number of amides is 3. The van der Waals surface area contributed by atoms with Crippen LogP contribution in [0.4, 0.5) is 0 Å². The molecule has 6 rings (SSSR count). The van der Waals surface area contributed by atoms with Gasteiger partial charge in [-0.25, -0.2) is 13.1 Å². The Bertz CT molecular complexity index is 1850. The van der Waals surface area contributed by atoms with Crippen LogP contribution in [0.15, 0.2) is 77.7 Å². The number of hydrogen-bond donors (Lipinski definition) is 2. The van der Waals surface area contributed by atoms with Gasteiger partial charge in [0.25, 0.3) is 5.91 Å². The fourth-order valence-electron chi connectivity index (χ4n) is 5.99. The molecule has 43 heavy (non-hydrogen) atoms. The monoisotopic (exact) mass is 618 g/mol. The van der Waals surface area contributed by atoms with Crippen LogP contribution in [0.1, 0.15) is 37.4 Å². The third-order valence-electron chi connectivity index (χ3n) is 8.63. The highest BCUT2D eigenvalue weighted by Crippen LogP contribution is 2.45. The van der Waals surface area contributed by atoms with Crippen molar-refractivity contribution in [2.75, 3.05) is 19.6 Å². The van der Waals surface area contributed by atoms with Crippen molar-refractivity contribution >= 4 is 59.9 Å². The summed E-state index contributed by atoms with van der Waals surface area (Å²) in [5.41, 5.74) is -1.12. The lowest BCUT2D eigenvalue weighted by molar-refractivity contribution is -0.206. The molecule has 0 saturated carbocycles. The number of carbonyl (C=O) groups is 3. The first-order valence-electron chi connectivity index (χ1n) is 14.2. The van der Waals surface area contributed by atoms with Gasteiger partial charge in [-0.05, 0) is 52.8 Å². The molecule has 2 aliphatic heterocycles. The van der Waals surface area contributed by atoms with Gasteiger partial charge in [-0.3, -0.25) is 14.4 Å². The lowest BCUT2D eigenvalue weighted by Crippen LogP contribution is -2.89. The van der Waals surface area contributed by atoms with Gasteiger partial charge in [0.15, 0.2) is 0 Å². The zero-order valence-corrected chi connectivity index (χ0v) is 26.1. The van der Waals surface area contributed by atoms with Gasteiger partial charge in [-0.2, -0.15) is 0 Å². The number of rotatable bonds is 7. The van der Waals surface area contributed by atoms with Crippen LogP contribution in [0.2, 0.25) is 0 Å². The Morgan fingerprint density at radius 1 is 0.977 bits per heavy atom. The molecule has 2 N–H and O–H groups in total. The van der Waals surface area contributed by atoms with Crippen molar-refractivity contribution in [3.05, 3.63) is 77.7 Å². The van der Waals surface area contributed by atoms with Crippen LogP contribution in [0.25, 0.3) is 20.9 Å². The molecule has 224 valence electrons. The molecule has 3 atom stereocenters. The second-order valence-electron chi connectivity index (χ2n) is 12.6. The highest BCUT2D eigenvalue weighted by atomic mass is 32.2. The van der Waals surface area contributed by atoms with E-state index in [9.17, 15) is 22.8 Å². The first-order chi connectivity index (χ1) is 20.3. The maximum Gasteiger partial charge on any atom is 0.262 e. The van der Waals surface area contributed by atoms with Crippen LogP contribution in [0.5, 0.6) is 0 Å². The summed E-state index contributed by atoms with van der Waals surface area (Å²) in [6.45, 7) is 7.92. The van der Waals surface area contributed by atoms with Gasteiger partial charge in [-0.15, -0.1) is 11.3 Å². The fraction of sp³-hybridized carbons (Fsp3) is 0.344. The van der Waals surface area contributed by atoms with Crippen LogP contribution in [0.3, 0.4) is 0 Å². The summed E-state index contributed by atoms with van der Waals surface area (Å²) in [5, 5.41) is 5.68. The summed E-state index contributed by atoms with van der Waals surface area (Å²) in [6, 6.07) is 20.9. The van der Waals surface area contributed by atoms with Gasteiger partial charge in [-0.1, -0.05) is 69.3 Å². The summed E-state index contributed by atoms with van der Waals surface area (Å²) < 4.78 is 29.3. The Morgan fingerprint density at radius 3 is 2.30 bits per heavy atom. The van der Waals surface area contributed by atoms with Gasteiger partial charge < -0.3 is 15.1 Å². The quantitative estimate of drug-likeness (QED) is 0.325. The molecule has 9 nitrogen and oxygen atoms in total. The molecule has 0 spiro atoms. The largest absolute Gasteiger partial charge is 0.339 e. The van der Waals surface area contributed by atoms with Crippen LogP contribution >= 0.6 is 11.3 Å². The average molecular weight is 619 g/mol. The molecular formula is C32H34N4O5S2. The molecule has 4 aromatic rings. The first-order valence-corrected chi connectivity index (χ1v) is 16.5. The minimum absolute atomic E-state index is 0.0961. The van der Waals surface area contributed by atoms with Crippen molar-refractivity contribution in [3.8, 4) is 0 Å². The van der Waals surface area contributed by atoms with E-state index in [0.29, 0.717) is 18.0 Å². The van der Waals surface area contributed by atoms with Gasteiger partial charge in [0.2, 0.25) is 21.8 Å². The fourth-order valence-corrected chi connectivity index (χ4v) is 7.97. The van der Waals surface area contributed by atoms with E-state index in [0.717, 1.165) is 20.9 Å². The lowest BCUT2D eigenvalue weighted by Gasteiger charge is -2.69. The molecule has 0 radical (unpaired) electrons. The summed E-state index contributed by atoms with van der Waals surface area (Å²) in [7, 11) is -3.89. The van der Waals surface area contributed by atoms with Crippen LogP contribution in [0, 0.1) is 5.41 Å². The van der Waals surface area contributed by atoms with Crippen molar-refractivity contribution in [1.82, 2.24) is 19.8 Å². The molecule has 3 amide bonds. The molecular weight excluding hydrogens is 585 g/mol. The van der Waals surface area contributed by atoms with Crippen molar-refractivity contribution in [1.29, 1.82) is 0 Å². The number of thiophene rings is 1. The highest BCUT2D eigenvalue weighted by molar-refractivity contribution is 7.89. The number of piperazine rings is 1. The number of fused-ring (bicyclic) bond motifs is 3. The van der Waals surface area contributed by atoms with E-state index in [2.05, 4.69) is 10.0 Å². The maximum absolute atomic E-state index is 13.8. The van der Waals surface area contributed by atoms with Gasteiger partial charge in [0.1, 0.15) is 6.04 Å². The van der Waals surface area contributed by atoms with Gasteiger partial charge >= 0.3 is 0 Å². The summed E-state index contributed by atoms with van der Waals surface area (Å²) in [4.78, 5) is 44.1. The number of nitrogens with zero attached hydrogens (tertiary/aromatic N) is 2. The number of carbonyl (C=O) groups excluding carboxylic acids is 3. The van der Waals surface area contributed by atoms with E-state index in [4.69, 9.17) is 0 Å². The molecule has 3 aromatic carbocycles. The third-order valence-corrected chi connectivity index (χ3v) is 11.1. The molecule has 2 fully saturated rings. The zero-order valence-electron chi connectivity index (χ0n) is 24.5. The Labute approximate surface area is 254 Å². The van der Waals surface area contributed by atoms with Crippen molar-refractivity contribution in [2.45, 2.75) is 50.2 Å². The summed E-state index contributed by atoms with van der Waals surface area (Å²) in [5.74, 6) is -0.824. The van der Waals surface area contributed by atoms with Crippen molar-refractivity contribution in [3.63, 3.8) is 0 Å². The molecule has 11 heteroatoms. The second kappa shape index (κ2) is 10.4. The lowest BCUT2D eigenvalue weighted by atomic mass is 9.70. The number of benzene rings is 3. The molecule has 0 aliphatic carbocycles. The summed E-state index contributed by atoms with van der Waals surface area (Å²) >= 11 is 1.39. The van der Waals surface area contributed by atoms with E-state index in [1.54, 1.807) is 21.9 Å². The van der Waals surface area contributed by atoms with Gasteiger partial charge in [0.05, 0.1) is 27.9 Å². The Hall–Kier alpha value is -3.80. The maximum atomic E-state index is 13.8. The van der Waals surface area contributed by atoms with Crippen molar-refractivity contribution in [2.24, 2.45) is 5.41 Å². The second-order valence-corrected chi connectivity index (χ2v) is 15.4. The van der Waals surface area contributed by atoms with Crippen molar-refractivity contribution < 1.29 is 22.8 Å². The number of sulfonamides is 1. The standard InChI is InChI=1S/C32H34N4O5S2/c1-31(2,3)28(34-29(38)25-16-22-11-7-8-12-24(22)42-25)30(39)36-18-26-32(36,4)19-35(26)27(37)17-33-43(40,41)23-14-13-20-9-5-6-10-21(20)15-23/h5-16,26,28,33H,17-19H2,1-4H3,(H,34,38)/t26-,28?,32-/m1/s1. The predicted octanol–water partition coefficient (Wildman–Crippen LogP) is 3.99. The Morgan fingerprint density at radius 2 is 1.65 bits per heavy atom. The molecule has 2 saturated heterocycles.